The van der Waals surface area contributed by atoms with E-state index < -0.39 is 0 Å². The summed E-state index contributed by atoms with van der Waals surface area (Å²) in [7, 11) is 0. The van der Waals surface area contributed by atoms with Crippen LogP contribution in [-0.4, -0.2) is 39.0 Å². The number of guanidine groups is 1. The Bertz CT molecular complexity index is 765. The van der Waals surface area contributed by atoms with Gasteiger partial charge in [0, 0.05) is 26.2 Å². The lowest BCUT2D eigenvalue weighted by Gasteiger charge is -2.11. The zero-order valence-electron chi connectivity index (χ0n) is 17.2. The number of aliphatic imine (C=N–C) groups is 1. The van der Waals surface area contributed by atoms with Crippen molar-refractivity contribution in [2.75, 3.05) is 33.0 Å². The highest BCUT2D eigenvalue weighted by atomic mass is 16.7. The number of nitrogens with one attached hydrogen (secondary N) is 2. The fourth-order valence-corrected chi connectivity index (χ4v) is 3.03. The molecular formula is C23H31N3O3. The molecule has 29 heavy (non-hydrogen) atoms. The Labute approximate surface area is 173 Å². The first-order chi connectivity index (χ1) is 14.3. The van der Waals surface area contributed by atoms with Gasteiger partial charge in [0.25, 0.3) is 0 Å². The van der Waals surface area contributed by atoms with Gasteiger partial charge >= 0.3 is 0 Å². The number of rotatable bonds is 11. The summed E-state index contributed by atoms with van der Waals surface area (Å²) in [5, 5.41) is 6.69. The normalized spacial score (nSPS) is 12.8. The van der Waals surface area contributed by atoms with E-state index >= 15 is 0 Å². The highest BCUT2D eigenvalue weighted by Crippen LogP contribution is 2.32. The third kappa shape index (κ3) is 7.31. The van der Waals surface area contributed by atoms with E-state index in [1.54, 1.807) is 0 Å². The van der Waals surface area contributed by atoms with Crippen LogP contribution in [0.1, 0.15) is 30.9 Å². The van der Waals surface area contributed by atoms with Crippen LogP contribution in [0.2, 0.25) is 0 Å². The van der Waals surface area contributed by atoms with Gasteiger partial charge in [-0.2, -0.15) is 0 Å². The Morgan fingerprint density at radius 2 is 1.86 bits per heavy atom. The van der Waals surface area contributed by atoms with E-state index in [-0.39, 0.29) is 0 Å². The van der Waals surface area contributed by atoms with E-state index in [4.69, 9.17) is 14.2 Å². The van der Waals surface area contributed by atoms with Crippen molar-refractivity contribution in [2.24, 2.45) is 4.99 Å². The highest BCUT2D eigenvalue weighted by molar-refractivity contribution is 5.79. The molecule has 0 aromatic heterocycles. The van der Waals surface area contributed by atoms with E-state index in [9.17, 15) is 0 Å². The summed E-state index contributed by atoms with van der Waals surface area (Å²) in [5.41, 5.74) is 2.43. The molecule has 156 valence electrons. The number of hydrogen-bond acceptors (Lipinski definition) is 4. The Morgan fingerprint density at radius 1 is 1.00 bits per heavy atom. The number of ether oxygens (including phenoxy) is 3. The highest BCUT2D eigenvalue weighted by Gasteiger charge is 2.12. The van der Waals surface area contributed by atoms with Gasteiger partial charge in [0.05, 0.1) is 6.61 Å². The molecule has 0 saturated heterocycles. The minimum Gasteiger partial charge on any atom is -0.454 e. The molecule has 1 aliphatic rings. The maximum atomic E-state index is 5.72. The minimum atomic E-state index is 0.311. The predicted molar refractivity (Wildman–Crippen MR) is 116 cm³/mol. The molecule has 0 aliphatic carbocycles. The molecule has 0 radical (unpaired) electrons. The van der Waals surface area contributed by atoms with Gasteiger partial charge in [0.1, 0.15) is 0 Å². The lowest BCUT2D eigenvalue weighted by molar-refractivity contribution is 0.117. The van der Waals surface area contributed by atoms with Gasteiger partial charge < -0.3 is 24.8 Å². The average Bonchev–Trinajstić information content (AvgIpc) is 3.21. The Kier molecular flexibility index (Phi) is 8.66. The van der Waals surface area contributed by atoms with E-state index in [0.717, 1.165) is 63.0 Å². The zero-order chi connectivity index (χ0) is 20.2. The van der Waals surface area contributed by atoms with Crippen LogP contribution >= 0.6 is 0 Å². The van der Waals surface area contributed by atoms with Crippen molar-refractivity contribution in [1.29, 1.82) is 0 Å². The van der Waals surface area contributed by atoms with Crippen LogP contribution < -0.4 is 20.1 Å². The standard InChI is InChI=1S/C23H31N3O3/c1-2-24-23(25-13-6-7-15-27-17-20-8-4-3-5-9-20)26-14-12-19-10-11-21-22(16-19)29-18-28-21/h3-5,8-11,16H,2,6-7,12-15,17-18H2,1H3,(H2,24,25,26). The molecule has 3 rings (SSSR count). The third-order valence-electron chi connectivity index (χ3n) is 4.57. The van der Waals surface area contributed by atoms with Crippen LogP contribution in [0.25, 0.3) is 0 Å². The quantitative estimate of drug-likeness (QED) is 0.345. The lowest BCUT2D eigenvalue weighted by atomic mass is 10.1. The van der Waals surface area contributed by atoms with E-state index in [0.29, 0.717) is 13.4 Å². The molecule has 2 aromatic carbocycles. The summed E-state index contributed by atoms with van der Waals surface area (Å²) in [4.78, 5) is 4.65. The molecule has 6 nitrogen and oxygen atoms in total. The number of nitrogens with zero attached hydrogens (tertiary/aromatic N) is 1. The number of fused-ring (bicyclic) bond motifs is 1. The van der Waals surface area contributed by atoms with Crippen molar-refractivity contribution < 1.29 is 14.2 Å². The minimum absolute atomic E-state index is 0.311. The van der Waals surface area contributed by atoms with Crippen LogP contribution in [0, 0.1) is 0 Å². The molecule has 0 bridgehead atoms. The maximum Gasteiger partial charge on any atom is 0.231 e. The lowest BCUT2D eigenvalue weighted by Crippen LogP contribution is -2.38. The summed E-state index contributed by atoms with van der Waals surface area (Å²) >= 11 is 0. The van der Waals surface area contributed by atoms with Crippen molar-refractivity contribution >= 4 is 5.96 Å². The number of unbranched alkanes of at least 4 members (excludes halogenated alkanes) is 1. The second-order valence-electron chi connectivity index (χ2n) is 6.87. The number of hydrogen-bond donors (Lipinski definition) is 2. The van der Waals surface area contributed by atoms with Gasteiger partial charge in [-0.15, -0.1) is 0 Å². The first-order valence-electron chi connectivity index (χ1n) is 10.4. The largest absolute Gasteiger partial charge is 0.454 e. The third-order valence-corrected chi connectivity index (χ3v) is 4.57. The second kappa shape index (κ2) is 12.0. The molecule has 1 heterocycles. The molecule has 6 heteroatoms. The first-order valence-corrected chi connectivity index (χ1v) is 10.4. The van der Waals surface area contributed by atoms with Gasteiger partial charge in [-0.1, -0.05) is 36.4 Å². The molecule has 0 atom stereocenters. The second-order valence-corrected chi connectivity index (χ2v) is 6.87. The molecule has 2 aromatic rings. The molecule has 0 unspecified atom stereocenters. The van der Waals surface area contributed by atoms with Crippen LogP contribution in [0.15, 0.2) is 53.5 Å². The fourth-order valence-electron chi connectivity index (χ4n) is 3.03. The van der Waals surface area contributed by atoms with E-state index in [1.807, 2.05) is 30.3 Å². The summed E-state index contributed by atoms with van der Waals surface area (Å²) < 4.78 is 16.5. The molecule has 0 spiro atoms. The van der Waals surface area contributed by atoms with Gasteiger partial charge in [0.2, 0.25) is 6.79 Å². The van der Waals surface area contributed by atoms with Gasteiger partial charge in [-0.05, 0) is 49.4 Å². The maximum absolute atomic E-state index is 5.72. The smallest absolute Gasteiger partial charge is 0.231 e. The van der Waals surface area contributed by atoms with Gasteiger partial charge in [-0.25, -0.2) is 0 Å². The number of benzene rings is 2. The Balaban J connectivity index is 1.30. The van der Waals surface area contributed by atoms with Crippen LogP contribution in [-0.2, 0) is 17.8 Å². The van der Waals surface area contributed by atoms with Crippen molar-refractivity contribution in [3.05, 3.63) is 59.7 Å². The first kappa shape index (κ1) is 21.0. The summed E-state index contributed by atoms with van der Waals surface area (Å²) in [6, 6.07) is 16.4. The SMILES string of the molecule is CCNC(=NCCCCOCc1ccccc1)NCCc1ccc2c(c1)OCO2. The van der Waals surface area contributed by atoms with Crippen molar-refractivity contribution in [3.63, 3.8) is 0 Å². The van der Waals surface area contributed by atoms with Gasteiger partial charge in [-0.3, -0.25) is 4.99 Å². The summed E-state index contributed by atoms with van der Waals surface area (Å²) in [6.07, 6.45) is 2.91. The zero-order valence-corrected chi connectivity index (χ0v) is 17.2. The van der Waals surface area contributed by atoms with E-state index in [1.165, 1.54) is 11.1 Å². The molecule has 0 amide bonds. The van der Waals surface area contributed by atoms with Gasteiger partial charge in [0.15, 0.2) is 17.5 Å². The summed E-state index contributed by atoms with van der Waals surface area (Å²) in [6.45, 7) is 6.26. The fraction of sp³-hybridized carbons (Fsp3) is 0.435. The average molecular weight is 398 g/mol. The topological polar surface area (TPSA) is 64.1 Å². The van der Waals surface area contributed by atoms with Crippen molar-refractivity contribution in [3.8, 4) is 11.5 Å². The van der Waals surface area contributed by atoms with E-state index in [2.05, 4.69) is 40.7 Å². The molecule has 1 aliphatic heterocycles. The monoisotopic (exact) mass is 397 g/mol. The summed E-state index contributed by atoms with van der Waals surface area (Å²) in [5.74, 6) is 2.51. The Morgan fingerprint density at radius 3 is 2.72 bits per heavy atom. The Hall–Kier alpha value is -2.73. The van der Waals surface area contributed by atoms with Crippen LogP contribution in [0.4, 0.5) is 0 Å². The van der Waals surface area contributed by atoms with Crippen LogP contribution in [0.5, 0.6) is 11.5 Å². The van der Waals surface area contributed by atoms with Crippen molar-refractivity contribution in [1.82, 2.24) is 10.6 Å². The molecular weight excluding hydrogens is 366 g/mol. The molecule has 0 fully saturated rings. The van der Waals surface area contributed by atoms with Crippen molar-refractivity contribution in [2.45, 2.75) is 32.8 Å². The predicted octanol–water partition coefficient (Wildman–Crippen LogP) is 3.51. The molecule has 0 saturated carbocycles. The molecule has 2 N–H and O–H groups in total. The van der Waals surface area contributed by atoms with Crippen LogP contribution in [0.3, 0.4) is 0 Å².